The number of rotatable bonds is 5. The van der Waals surface area contributed by atoms with Crippen LogP contribution in [0.25, 0.3) is 0 Å². The van der Waals surface area contributed by atoms with E-state index in [4.69, 9.17) is 5.11 Å². The van der Waals surface area contributed by atoms with E-state index in [1.165, 1.54) is 12.8 Å². The molecule has 1 aromatic carbocycles. The molecule has 2 fully saturated rings. The molecular weight excluding hydrogens is 240 g/mol. The molecule has 1 aliphatic heterocycles. The van der Waals surface area contributed by atoms with Crippen LogP contribution in [-0.4, -0.2) is 36.2 Å². The largest absolute Gasteiger partial charge is 0.396 e. The lowest BCUT2D eigenvalue weighted by molar-refractivity contribution is -0.118. The van der Waals surface area contributed by atoms with Crippen molar-refractivity contribution in [3.05, 3.63) is 29.8 Å². The number of amides is 1. The zero-order valence-electron chi connectivity index (χ0n) is 11.0. The number of carbonyl (C=O) groups is 1. The third-order valence-corrected chi connectivity index (χ3v) is 3.87. The summed E-state index contributed by atoms with van der Waals surface area (Å²) in [5, 5.41) is 12.3. The summed E-state index contributed by atoms with van der Waals surface area (Å²) in [6.07, 6.45) is 3.98. The molecule has 4 heteroatoms. The van der Waals surface area contributed by atoms with Gasteiger partial charge < -0.3 is 15.3 Å². The van der Waals surface area contributed by atoms with Gasteiger partial charge in [-0.05, 0) is 43.4 Å². The molecule has 1 unspecified atom stereocenters. The quantitative estimate of drug-likeness (QED) is 0.833. The van der Waals surface area contributed by atoms with Gasteiger partial charge in [-0.3, -0.25) is 4.79 Å². The van der Waals surface area contributed by atoms with Gasteiger partial charge in [0.1, 0.15) is 0 Å². The first-order valence-electron chi connectivity index (χ1n) is 7.05. The second-order valence-corrected chi connectivity index (χ2v) is 5.41. The molecule has 2 N–H and O–H groups in total. The molecular formula is C15H20N2O2. The number of hydrogen-bond acceptors (Lipinski definition) is 3. The molecule has 0 spiro atoms. The molecule has 1 heterocycles. The third kappa shape index (κ3) is 2.80. The van der Waals surface area contributed by atoms with E-state index in [0.717, 1.165) is 24.2 Å². The van der Waals surface area contributed by atoms with Gasteiger partial charge in [-0.2, -0.15) is 0 Å². The number of nitrogens with one attached hydrogen (secondary N) is 1. The lowest BCUT2D eigenvalue weighted by atomic mass is 10.1. The van der Waals surface area contributed by atoms with Gasteiger partial charge in [-0.15, -0.1) is 0 Å². The summed E-state index contributed by atoms with van der Waals surface area (Å²) in [6.45, 7) is 0.956. The van der Waals surface area contributed by atoms with Crippen LogP contribution in [0.3, 0.4) is 0 Å². The highest BCUT2D eigenvalue weighted by molar-refractivity contribution is 5.99. The zero-order valence-corrected chi connectivity index (χ0v) is 11.0. The van der Waals surface area contributed by atoms with Crippen molar-refractivity contribution in [2.45, 2.75) is 37.8 Å². The smallest absolute Gasteiger partial charge is 0.244 e. The Morgan fingerprint density at radius 1 is 1.21 bits per heavy atom. The molecule has 1 saturated heterocycles. The summed E-state index contributed by atoms with van der Waals surface area (Å²) in [5.41, 5.74) is 2.07. The number of aliphatic hydroxyl groups excluding tert-OH is 1. The highest BCUT2D eigenvalue weighted by Crippen LogP contribution is 2.25. The molecule has 1 atom stereocenters. The molecule has 0 radical (unpaired) electrons. The van der Waals surface area contributed by atoms with Crippen molar-refractivity contribution < 1.29 is 9.90 Å². The van der Waals surface area contributed by atoms with E-state index in [1.54, 1.807) is 0 Å². The van der Waals surface area contributed by atoms with E-state index in [1.807, 2.05) is 29.2 Å². The van der Waals surface area contributed by atoms with E-state index in [0.29, 0.717) is 12.5 Å². The Balaban J connectivity index is 1.66. The molecule has 1 saturated carbocycles. The second kappa shape index (κ2) is 5.31. The average Bonchev–Trinajstić information content (AvgIpc) is 3.16. The normalized spacial score (nSPS) is 23.1. The van der Waals surface area contributed by atoms with Crippen molar-refractivity contribution in [3.63, 3.8) is 0 Å². The lowest BCUT2D eigenvalue weighted by Gasteiger charge is -2.17. The summed E-state index contributed by atoms with van der Waals surface area (Å²) >= 11 is 0. The average molecular weight is 260 g/mol. The molecule has 102 valence electrons. The predicted octanol–water partition coefficient (Wildman–Crippen LogP) is 1.08. The fourth-order valence-electron chi connectivity index (χ4n) is 2.60. The minimum atomic E-state index is 0.00428. The zero-order chi connectivity index (χ0) is 13.2. The van der Waals surface area contributed by atoms with Crippen LogP contribution in [0.4, 0.5) is 5.69 Å². The van der Waals surface area contributed by atoms with Gasteiger partial charge in [0.25, 0.3) is 0 Å². The number of carbonyl (C=O) groups excluding carboxylic acids is 1. The minimum absolute atomic E-state index is 0.00428. The van der Waals surface area contributed by atoms with Crippen molar-refractivity contribution >= 4 is 11.6 Å². The van der Waals surface area contributed by atoms with E-state index >= 15 is 0 Å². The molecule has 4 nitrogen and oxygen atoms in total. The fraction of sp³-hybridized carbons (Fsp3) is 0.533. The van der Waals surface area contributed by atoms with Crippen LogP contribution in [0.5, 0.6) is 0 Å². The predicted molar refractivity (Wildman–Crippen MR) is 74.1 cm³/mol. The Labute approximate surface area is 113 Å². The topological polar surface area (TPSA) is 52.6 Å². The third-order valence-electron chi connectivity index (χ3n) is 3.87. The maximum absolute atomic E-state index is 12.3. The summed E-state index contributed by atoms with van der Waals surface area (Å²) in [5.74, 6) is 0.196. The Kier molecular flexibility index (Phi) is 3.53. The summed E-state index contributed by atoms with van der Waals surface area (Å²) in [6, 6.07) is 8.50. The monoisotopic (exact) mass is 260 g/mol. The van der Waals surface area contributed by atoms with Gasteiger partial charge in [-0.25, -0.2) is 0 Å². The number of aliphatic hydroxyl groups is 1. The highest BCUT2D eigenvalue weighted by Gasteiger charge is 2.36. The van der Waals surface area contributed by atoms with E-state index in [-0.39, 0.29) is 18.6 Å². The van der Waals surface area contributed by atoms with Crippen molar-refractivity contribution in [2.24, 2.45) is 0 Å². The second-order valence-electron chi connectivity index (χ2n) is 5.41. The van der Waals surface area contributed by atoms with Crippen molar-refractivity contribution in [1.82, 2.24) is 5.32 Å². The number of hydrogen-bond donors (Lipinski definition) is 2. The van der Waals surface area contributed by atoms with Gasteiger partial charge in [0.2, 0.25) is 5.91 Å². The van der Waals surface area contributed by atoms with Crippen LogP contribution in [0.1, 0.15) is 24.8 Å². The minimum Gasteiger partial charge on any atom is -0.396 e. The first kappa shape index (κ1) is 12.6. The Morgan fingerprint density at radius 3 is 2.58 bits per heavy atom. The van der Waals surface area contributed by atoms with Crippen LogP contribution in [-0.2, 0) is 11.2 Å². The molecule has 0 bridgehead atoms. The van der Waals surface area contributed by atoms with E-state index < -0.39 is 0 Å². The molecule has 1 aromatic rings. The van der Waals surface area contributed by atoms with E-state index in [2.05, 4.69) is 5.32 Å². The Hall–Kier alpha value is -1.39. The highest BCUT2D eigenvalue weighted by atomic mass is 16.3. The van der Waals surface area contributed by atoms with Gasteiger partial charge in [0.15, 0.2) is 0 Å². The molecule has 1 aliphatic carbocycles. The van der Waals surface area contributed by atoms with Crippen LogP contribution in [0, 0.1) is 0 Å². The van der Waals surface area contributed by atoms with E-state index in [9.17, 15) is 4.79 Å². The number of anilines is 1. The van der Waals surface area contributed by atoms with Crippen molar-refractivity contribution in [1.29, 1.82) is 0 Å². The lowest BCUT2D eigenvalue weighted by Crippen LogP contribution is -2.39. The number of benzene rings is 1. The van der Waals surface area contributed by atoms with Gasteiger partial charge in [0.05, 0.1) is 6.04 Å². The summed E-state index contributed by atoms with van der Waals surface area (Å²) < 4.78 is 0. The molecule has 2 aliphatic rings. The summed E-state index contributed by atoms with van der Waals surface area (Å²) in [4.78, 5) is 14.2. The van der Waals surface area contributed by atoms with Crippen LogP contribution < -0.4 is 10.2 Å². The van der Waals surface area contributed by atoms with Gasteiger partial charge in [0, 0.05) is 24.9 Å². The van der Waals surface area contributed by atoms with Gasteiger partial charge in [-0.1, -0.05) is 12.1 Å². The first-order chi connectivity index (χ1) is 9.28. The summed E-state index contributed by atoms with van der Waals surface area (Å²) in [7, 11) is 0. The maximum Gasteiger partial charge on any atom is 0.244 e. The van der Waals surface area contributed by atoms with Gasteiger partial charge >= 0.3 is 0 Å². The Morgan fingerprint density at radius 2 is 1.95 bits per heavy atom. The van der Waals surface area contributed by atoms with Crippen LogP contribution >= 0.6 is 0 Å². The number of nitrogens with zero attached hydrogens (tertiary/aromatic N) is 1. The molecule has 3 rings (SSSR count). The fourth-order valence-corrected chi connectivity index (χ4v) is 2.60. The maximum atomic E-state index is 12.3. The molecule has 19 heavy (non-hydrogen) atoms. The van der Waals surface area contributed by atoms with Crippen molar-refractivity contribution in [2.75, 3.05) is 18.1 Å². The molecule has 1 amide bonds. The van der Waals surface area contributed by atoms with Crippen molar-refractivity contribution in [3.8, 4) is 0 Å². The molecule has 0 aromatic heterocycles. The van der Waals surface area contributed by atoms with Crippen LogP contribution in [0.2, 0.25) is 0 Å². The first-order valence-corrected chi connectivity index (χ1v) is 7.05. The Bertz CT molecular complexity index is 454. The van der Waals surface area contributed by atoms with Crippen LogP contribution in [0.15, 0.2) is 24.3 Å². The standard InChI is InChI=1S/C15H20N2O2/c18-10-8-11-1-5-13(6-2-11)17-9-7-14(15(17)19)16-12-3-4-12/h1-2,5-6,12,14,16,18H,3-4,7-10H2. The SMILES string of the molecule is O=C1C(NC2CC2)CCN1c1ccc(CCO)cc1.